The third kappa shape index (κ3) is 2.63. The number of hydrogen-bond acceptors (Lipinski definition) is 1. The molecule has 1 saturated carbocycles. The molecule has 0 aromatic carbocycles. The molecule has 1 aliphatic rings. The summed E-state index contributed by atoms with van der Waals surface area (Å²) < 4.78 is 12.5. The van der Waals surface area contributed by atoms with Crippen molar-refractivity contribution in [1.29, 1.82) is 0 Å². The summed E-state index contributed by atoms with van der Waals surface area (Å²) in [5, 5.41) is 0. The SMILES string of the molecule is N[C@@H]1CCCC[C@H]1F.[Br-]. The Morgan fingerprint density at radius 1 is 1.22 bits per heavy atom. The van der Waals surface area contributed by atoms with Crippen LogP contribution in [-0.4, -0.2) is 12.2 Å². The number of rotatable bonds is 0. The fourth-order valence-electron chi connectivity index (χ4n) is 1.11. The second kappa shape index (κ2) is 4.23. The summed E-state index contributed by atoms with van der Waals surface area (Å²) in [5.74, 6) is 0. The highest BCUT2D eigenvalue weighted by atomic mass is 79.9. The Kier molecular flexibility index (Phi) is 4.40. The van der Waals surface area contributed by atoms with Crippen LogP contribution < -0.4 is 22.7 Å². The average molecular weight is 197 g/mol. The van der Waals surface area contributed by atoms with Crippen LogP contribution >= 0.6 is 0 Å². The Morgan fingerprint density at radius 3 is 2.11 bits per heavy atom. The van der Waals surface area contributed by atoms with Crippen LogP contribution in [0.15, 0.2) is 0 Å². The maximum absolute atomic E-state index is 12.5. The smallest absolute Gasteiger partial charge is 0.115 e. The van der Waals surface area contributed by atoms with Crippen LogP contribution in [0.2, 0.25) is 0 Å². The van der Waals surface area contributed by atoms with Crippen LogP contribution in [0.25, 0.3) is 0 Å². The van der Waals surface area contributed by atoms with Crippen LogP contribution in [0.5, 0.6) is 0 Å². The lowest BCUT2D eigenvalue weighted by molar-refractivity contribution is -0.00000258. The average Bonchev–Trinajstić information content (AvgIpc) is 1.77. The Hall–Kier alpha value is 0.370. The lowest BCUT2D eigenvalue weighted by atomic mass is 9.95. The summed E-state index contributed by atoms with van der Waals surface area (Å²) in [4.78, 5) is 0. The Balaban J connectivity index is 0.000000640. The zero-order valence-electron chi connectivity index (χ0n) is 5.32. The van der Waals surface area contributed by atoms with Gasteiger partial charge in [-0.3, -0.25) is 0 Å². The molecule has 0 spiro atoms. The number of halogens is 2. The lowest BCUT2D eigenvalue weighted by Gasteiger charge is -2.21. The summed E-state index contributed by atoms with van der Waals surface area (Å²) in [5.41, 5.74) is 5.40. The molecular formula is C6H12BrFN-. The standard InChI is InChI=1S/C6H12FN.BrH/c7-5-3-1-2-4-6(5)8;/h5-6H,1-4,8H2;1H/p-1/t5-,6-;/m1./s1. The molecule has 2 atom stereocenters. The van der Waals surface area contributed by atoms with E-state index in [9.17, 15) is 4.39 Å². The van der Waals surface area contributed by atoms with Gasteiger partial charge < -0.3 is 22.7 Å². The van der Waals surface area contributed by atoms with E-state index in [0.29, 0.717) is 6.42 Å². The van der Waals surface area contributed by atoms with Crippen molar-refractivity contribution in [3.8, 4) is 0 Å². The van der Waals surface area contributed by atoms with Gasteiger partial charge in [0.1, 0.15) is 6.17 Å². The van der Waals surface area contributed by atoms with Crippen LogP contribution in [0, 0.1) is 0 Å². The van der Waals surface area contributed by atoms with E-state index >= 15 is 0 Å². The maximum Gasteiger partial charge on any atom is 0.115 e. The van der Waals surface area contributed by atoms with E-state index in [1.165, 1.54) is 0 Å². The highest BCUT2D eigenvalue weighted by Gasteiger charge is 2.19. The fraction of sp³-hybridized carbons (Fsp3) is 1.00. The van der Waals surface area contributed by atoms with E-state index < -0.39 is 6.17 Å². The second-order valence-corrected chi connectivity index (χ2v) is 2.46. The van der Waals surface area contributed by atoms with Gasteiger partial charge in [0, 0.05) is 6.04 Å². The predicted molar refractivity (Wildman–Crippen MR) is 31.3 cm³/mol. The summed E-state index contributed by atoms with van der Waals surface area (Å²) in [6.45, 7) is 0. The molecule has 0 aromatic rings. The molecule has 0 amide bonds. The minimum absolute atomic E-state index is 0. The van der Waals surface area contributed by atoms with E-state index in [1.54, 1.807) is 0 Å². The monoisotopic (exact) mass is 196 g/mol. The van der Waals surface area contributed by atoms with Gasteiger partial charge in [0.05, 0.1) is 0 Å². The Bertz CT molecular complexity index is 69.5. The fourth-order valence-corrected chi connectivity index (χ4v) is 1.11. The van der Waals surface area contributed by atoms with Crippen molar-refractivity contribution in [2.45, 2.75) is 37.9 Å². The van der Waals surface area contributed by atoms with Crippen molar-refractivity contribution in [1.82, 2.24) is 0 Å². The summed E-state index contributed by atoms with van der Waals surface area (Å²) in [6, 6.07) is -0.163. The van der Waals surface area contributed by atoms with E-state index in [1.807, 2.05) is 0 Å². The van der Waals surface area contributed by atoms with E-state index in [0.717, 1.165) is 19.3 Å². The quantitative estimate of drug-likeness (QED) is 0.488. The topological polar surface area (TPSA) is 26.0 Å². The lowest BCUT2D eigenvalue weighted by Crippen LogP contribution is -3.00. The molecule has 0 radical (unpaired) electrons. The molecule has 1 rings (SSSR count). The highest BCUT2D eigenvalue weighted by Crippen LogP contribution is 2.18. The second-order valence-electron chi connectivity index (χ2n) is 2.46. The molecule has 56 valence electrons. The van der Waals surface area contributed by atoms with E-state index in [-0.39, 0.29) is 23.0 Å². The van der Waals surface area contributed by atoms with E-state index in [4.69, 9.17) is 5.73 Å². The number of hydrogen-bond donors (Lipinski definition) is 1. The third-order valence-corrected chi connectivity index (χ3v) is 1.73. The van der Waals surface area contributed by atoms with Gasteiger partial charge in [-0.2, -0.15) is 0 Å². The van der Waals surface area contributed by atoms with Crippen molar-refractivity contribution >= 4 is 0 Å². The van der Waals surface area contributed by atoms with Crippen molar-refractivity contribution in [2.75, 3.05) is 0 Å². The van der Waals surface area contributed by atoms with Gasteiger partial charge in [0.15, 0.2) is 0 Å². The van der Waals surface area contributed by atoms with Gasteiger partial charge in [0.2, 0.25) is 0 Å². The van der Waals surface area contributed by atoms with Crippen molar-refractivity contribution in [2.24, 2.45) is 5.73 Å². The van der Waals surface area contributed by atoms with E-state index in [2.05, 4.69) is 0 Å². The molecular weight excluding hydrogens is 185 g/mol. The summed E-state index contributed by atoms with van der Waals surface area (Å²) in [7, 11) is 0. The van der Waals surface area contributed by atoms with Crippen LogP contribution in [0.1, 0.15) is 25.7 Å². The first-order chi connectivity index (χ1) is 3.80. The zero-order valence-corrected chi connectivity index (χ0v) is 6.90. The molecule has 1 aliphatic carbocycles. The van der Waals surface area contributed by atoms with Gasteiger partial charge >= 0.3 is 0 Å². The van der Waals surface area contributed by atoms with Gasteiger partial charge in [0.25, 0.3) is 0 Å². The van der Waals surface area contributed by atoms with Gasteiger partial charge in [-0.25, -0.2) is 4.39 Å². The first-order valence-electron chi connectivity index (χ1n) is 3.20. The number of nitrogens with two attached hydrogens (primary N) is 1. The minimum atomic E-state index is -0.719. The van der Waals surface area contributed by atoms with Crippen molar-refractivity contribution in [3.05, 3.63) is 0 Å². The molecule has 3 heteroatoms. The third-order valence-electron chi connectivity index (χ3n) is 1.73. The first-order valence-corrected chi connectivity index (χ1v) is 3.20. The van der Waals surface area contributed by atoms with Crippen LogP contribution in [-0.2, 0) is 0 Å². The van der Waals surface area contributed by atoms with Crippen LogP contribution in [0.4, 0.5) is 4.39 Å². The maximum atomic E-state index is 12.5. The molecule has 0 aromatic heterocycles. The Morgan fingerprint density at radius 2 is 1.78 bits per heavy atom. The first kappa shape index (κ1) is 9.37. The van der Waals surface area contributed by atoms with Gasteiger partial charge in [-0.05, 0) is 12.8 Å². The molecule has 0 bridgehead atoms. The van der Waals surface area contributed by atoms with Crippen molar-refractivity contribution < 1.29 is 21.4 Å². The van der Waals surface area contributed by atoms with Crippen molar-refractivity contribution in [3.63, 3.8) is 0 Å². The zero-order chi connectivity index (χ0) is 5.98. The summed E-state index contributed by atoms with van der Waals surface area (Å²) >= 11 is 0. The summed E-state index contributed by atoms with van der Waals surface area (Å²) in [6.07, 6.45) is 2.97. The molecule has 1 fully saturated rings. The molecule has 0 aliphatic heterocycles. The highest BCUT2D eigenvalue weighted by molar-refractivity contribution is 4.76. The van der Waals surface area contributed by atoms with Gasteiger partial charge in [-0.1, -0.05) is 12.8 Å². The minimum Gasteiger partial charge on any atom is -1.00 e. The normalized spacial score (nSPS) is 35.3. The molecule has 1 nitrogen and oxygen atoms in total. The number of alkyl halides is 1. The molecule has 2 N–H and O–H groups in total. The Labute approximate surface area is 65.6 Å². The molecule has 0 unspecified atom stereocenters. The predicted octanol–water partition coefficient (Wildman–Crippen LogP) is -1.77. The molecule has 0 saturated heterocycles. The van der Waals surface area contributed by atoms with Gasteiger partial charge in [-0.15, -0.1) is 0 Å². The molecule has 9 heavy (non-hydrogen) atoms. The molecule has 0 heterocycles. The largest absolute Gasteiger partial charge is 1.00 e. The van der Waals surface area contributed by atoms with Crippen LogP contribution in [0.3, 0.4) is 0 Å².